The maximum atomic E-state index is 13.0. The molecular weight excluding hydrogens is 456 g/mol. The second-order valence-corrected chi connectivity index (χ2v) is 9.44. The maximum absolute atomic E-state index is 13.0. The number of phenolic OH excluding ortho intramolecular Hbond substituents is 1. The van der Waals surface area contributed by atoms with E-state index in [1.165, 1.54) is 5.56 Å². The van der Waals surface area contributed by atoms with Gasteiger partial charge in [0, 0.05) is 44.7 Å². The van der Waals surface area contributed by atoms with Crippen molar-refractivity contribution in [3.63, 3.8) is 0 Å². The lowest BCUT2D eigenvalue weighted by Crippen LogP contribution is -2.45. The molecule has 0 spiro atoms. The van der Waals surface area contributed by atoms with Gasteiger partial charge < -0.3 is 19.0 Å². The molecule has 7 heteroatoms. The molecule has 2 aliphatic heterocycles. The molecule has 1 saturated heterocycles. The Balaban J connectivity index is 1.20. The van der Waals surface area contributed by atoms with Gasteiger partial charge in [0.1, 0.15) is 11.3 Å². The molecule has 1 N–H and O–H groups in total. The van der Waals surface area contributed by atoms with Gasteiger partial charge in [0.25, 0.3) is 0 Å². The topological polar surface area (TPSA) is 75.4 Å². The van der Waals surface area contributed by atoms with Crippen molar-refractivity contribution < 1.29 is 19.0 Å². The van der Waals surface area contributed by atoms with Crippen LogP contribution in [-0.2, 0) is 13.1 Å². The maximum Gasteiger partial charge on any atom is 0.344 e. The van der Waals surface area contributed by atoms with E-state index in [9.17, 15) is 9.90 Å². The number of hydrogen-bond acceptors (Lipinski definition) is 7. The van der Waals surface area contributed by atoms with Crippen LogP contribution in [0.5, 0.6) is 17.2 Å². The average Bonchev–Trinajstić information content (AvgIpc) is 3.36. The highest BCUT2D eigenvalue weighted by Gasteiger charge is 2.23. The van der Waals surface area contributed by atoms with Gasteiger partial charge in [-0.15, -0.1) is 0 Å². The molecule has 0 saturated carbocycles. The van der Waals surface area contributed by atoms with E-state index >= 15 is 0 Å². The number of rotatable bonds is 5. The summed E-state index contributed by atoms with van der Waals surface area (Å²) < 4.78 is 16.8. The fourth-order valence-electron chi connectivity index (χ4n) is 5.18. The SMILES string of the molecule is Cc1c(-c2ccccc2)c(=O)oc2c(CN3CCN(Cc4ccc5c(c4)OCO5)CC3)c(O)ccc12. The van der Waals surface area contributed by atoms with Crippen molar-refractivity contribution in [1.82, 2.24) is 9.80 Å². The first-order valence-corrected chi connectivity index (χ1v) is 12.2. The summed E-state index contributed by atoms with van der Waals surface area (Å²) in [5.41, 5.74) is 4.21. The van der Waals surface area contributed by atoms with E-state index in [1.54, 1.807) is 6.07 Å². The number of aromatic hydroxyl groups is 1. The second kappa shape index (κ2) is 9.33. The first-order chi connectivity index (χ1) is 17.6. The lowest BCUT2D eigenvalue weighted by Gasteiger charge is -2.35. The first-order valence-electron chi connectivity index (χ1n) is 12.2. The van der Waals surface area contributed by atoms with Crippen LogP contribution in [0.15, 0.2) is 69.9 Å². The Morgan fingerprint density at radius 3 is 2.36 bits per heavy atom. The number of aryl methyl sites for hydroxylation is 1. The molecule has 6 rings (SSSR count). The van der Waals surface area contributed by atoms with E-state index in [0.717, 1.165) is 60.7 Å². The Morgan fingerprint density at radius 2 is 1.58 bits per heavy atom. The van der Waals surface area contributed by atoms with Crippen molar-refractivity contribution in [3.8, 4) is 28.4 Å². The van der Waals surface area contributed by atoms with Crippen LogP contribution in [0.3, 0.4) is 0 Å². The average molecular weight is 485 g/mol. The smallest absolute Gasteiger partial charge is 0.344 e. The molecule has 184 valence electrons. The highest BCUT2D eigenvalue weighted by Crippen LogP contribution is 2.34. The van der Waals surface area contributed by atoms with Gasteiger partial charge in [-0.25, -0.2) is 4.79 Å². The molecular formula is C29H28N2O5. The minimum Gasteiger partial charge on any atom is -0.507 e. The number of nitrogens with zero attached hydrogens (tertiary/aromatic N) is 2. The number of phenols is 1. The van der Waals surface area contributed by atoms with Gasteiger partial charge in [-0.3, -0.25) is 9.80 Å². The molecule has 0 unspecified atom stereocenters. The number of ether oxygens (including phenoxy) is 2. The van der Waals surface area contributed by atoms with Crippen molar-refractivity contribution in [2.75, 3.05) is 33.0 Å². The Kier molecular flexibility index (Phi) is 5.87. The Hall–Kier alpha value is -3.81. The van der Waals surface area contributed by atoms with E-state index in [0.29, 0.717) is 23.3 Å². The zero-order chi connectivity index (χ0) is 24.6. The van der Waals surface area contributed by atoms with Crippen molar-refractivity contribution in [3.05, 3.63) is 87.8 Å². The van der Waals surface area contributed by atoms with E-state index in [1.807, 2.05) is 49.4 Å². The minimum absolute atomic E-state index is 0.153. The molecule has 36 heavy (non-hydrogen) atoms. The highest BCUT2D eigenvalue weighted by atomic mass is 16.7. The zero-order valence-electron chi connectivity index (χ0n) is 20.2. The summed E-state index contributed by atoms with van der Waals surface area (Å²) in [5.74, 6) is 1.77. The largest absolute Gasteiger partial charge is 0.507 e. The van der Waals surface area contributed by atoms with Crippen molar-refractivity contribution >= 4 is 11.0 Å². The predicted octanol–water partition coefficient (Wildman–Crippen LogP) is 4.52. The zero-order valence-corrected chi connectivity index (χ0v) is 20.2. The number of benzene rings is 3. The summed E-state index contributed by atoms with van der Waals surface area (Å²) in [6.07, 6.45) is 0. The Labute approximate surface area is 209 Å². The van der Waals surface area contributed by atoms with Crippen LogP contribution in [0.25, 0.3) is 22.1 Å². The molecule has 7 nitrogen and oxygen atoms in total. The summed E-state index contributed by atoms with van der Waals surface area (Å²) in [6, 6.07) is 19.2. The first kappa shape index (κ1) is 22.6. The molecule has 1 aromatic heterocycles. The third-order valence-electron chi connectivity index (χ3n) is 7.17. The van der Waals surface area contributed by atoms with Gasteiger partial charge in [-0.1, -0.05) is 36.4 Å². The molecule has 0 radical (unpaired) electrons. The molecule has 4 aromatic rings. The number of piperazine rings is 1. The Bertz CT molecular complexity index is 1470. The van der Waals surface area contributed by atoms with Gasteiger partial charge in [0.2, 0.25) is 6.79 Å². The molecule has 0 bridgehead atoms. The molecule has 0 atom stereocenters. The molecule has 0 amide bonds. The summed E-state index contributed by atoms with van der Waals surface area (Å²) in [5, 5.41) is 11.6. The lowest BCUT2D eigenvalue weighted by molar-refractivity contribution is 0.121. The van der Waals surface area contributed by atoms with Crippen LogP contribution >= 0.6 is 0 Å². The molecule has 1 fully saturated rings. The minimum atomic E-state index is -0.383. The number of hydrogen-bond donors (Lipinski definition) is 1. The third kappa shape index (κ3) is 4.21. The molecule has 3 aromatic carbocycles. The van der Waals surface area contributed by atoms with Gasteiger partial charge in [0.15, 0.2) is 11.5 Å². The lowest BCUT2D eigenvalue weighted by atomic mass is 9.98. The standard InChI is InChI=1S/C29H28N2O5/c1-19-22-8-9-24(32)23(28(22)36-29(33)27(19)21-5-3-2-4-6-21)17-31-13-11-30(12-14-31)16-20-7-10-25-26(15-20)35-18-34-25/h2-10,15,32H,11-14,16-18H2,1H3. The molecule has 2 aliphatic rings. The van der Waals surface area contributed by atoms with Crippen molar-refractivity contribution in [2.24, 2.45) is 0 Å². The van der Waals surface area contributed by atoms with Gasteiger partial charge in [-0.05, 0) is 47.9 Å². The monoisotopic (exact) mass is 484 g/mol. The summed E-state index contributed by atoms with van der Waals surface area (Å²) in [4.78, 5) is 17.7. The Morgan fingerprint density at radius 1 is 0.861 bits per heavy atom. The van der Waals surface area contributed by atoms with Crippen LogP contribution in [-0.4, -0.2) is 47.9 Å². The fraction of sp³-hybridized carbons (Fsp3) is 0.276. The fourth-order valence-corrected chi connectivity index (χ4v) is 5.18. The van der Waals surface area contributed by atoms with Crippen LogP contribution in [0, 0.1) is 6.92 Å². The quantitative estimate of drug-likeness (QED) is 0.418. The third-order valence-corrected chi connectivity index (χ3v) is 7.17. The van der Waals surface area contributed by atoms with Gasteiger partial charge in [-0.2, -0.15) is 0 Å². The van der Waals surface area contributed by atoms with Crippen molar-refractivity contribution in [1.29, 1.82) is 0 Å². The molecule has 0 aliphatic carbocycles. The van der Waals surface area contributed by atoms with Gasteiger partial charge >= 0.3 is 5.63 Å². The predicted molar refractivity (Wildman–Crippen MR) is 137 cm³/mol. The summed E-state index contributed by atoms with van der Waals surface area (Å²) in [6.45, 7) is 7.11. The van der Waals surface area contributed by atoms with E-state index in [4.69, 9.17) is 13.9 Å². The van der Waals surface area contributed by atoms with E-state index < -0.39 is 0 Å². The van der Waals surface area contributed by atoms with Crippen LogP contribution < -0.4 is 15.1 Å². The number of fused-ring (bicyclic) bond motifs is 2. The normalized spacial score (nSPS) is 16.0. The summed E-state index contributed by atoms with van der Waals surface area (Å²) >= 11 is 0. The van der Waals surface area contributed by atoms with Crippen molar-refractivity contribution in [2.45, 2.75) is 20.0 Å². The van der Waals surface area contributed by atoms with E-state index in [-0.39, 0.29) is 18.2 Å². The van der Waals surface area contributed by atoms with Crippen LogP contribution in [0.1, 0.15) is 16.7 Å². The second-order valence-electron chi connectivity index (χ2n) is 9.44. The van der Waals surface area contributed by atoms with Crippen LogP contribution in [0.2, 0.25) is 0 Å². The van der Waals surface area contributed by atoms with E-state index in [2.05, 4.69) is 21.9 Å². The summed E-state index contributed by atoms with van der Waals surface area (Å²) in [7, 11) is 0. The molecule has 3 heterocycles. The highest BCUT2D eigenvalue weighted by molar-refractivity contribution is 5.89. The van der Waals surface area contributed by atoms with Gasteiger partial charge in [0.05, 0.1) is 11.1 Å². The van der Waals surface area contributed by atoms with Crippen LogP contribution in [0.4, 0.5) is 0 Å².